The summed E-state index contributed by atoms with van der Waals surface area (Å²) in [5.41, 5.74) is -1.80. The molecule has 0 radical (unpaired) electrons. The molecule has 8 nitrogen and oxygen atoms in total. The number of allylic oxidation sites excluding steroid dienone is 2. The van der Waals surface area contributed by atoms with Gasteiger partial charge in [-0.25, -0.2) is 9.69 Å². The van der Waals surface area contributed by atoms with Crippen LogP contribution in [-0.4, -0.2) is 42.6 Å². The number of esters is 1. The van der Waals surface area contributed by atoms with E-state index in [0.29, 0.717) is 22.4 Å². The minimum atomic E-state index is -1.71. The number of carbonyl (C=O) groups is 4. The number of methoxy groups -OCH3 is 1. The number of hydrogen-bond acceptors (Lipinski definition) is 7. The van der Waals surface area contributed by atoms with Crippen molar-refractivity contribution >= 4 is 29.9 Å². The molecule has 0 N–H and O–H groups in total. The lowest BCUT2D eigenvalue weighted by atomic mass is 9.53. The predicted molar refractivity (Wildman–Crippen MR) is 150 cm³/mol. The minimum Gasteiger partial charge on any atom is -0.497 e. The average Bonchev–Trinajstić information content (AvgIpc) is 3.09. The highest BCUT2D eigenvalue weighted by Gasteiger charge is 2.67. The third-order valence-electron chi connectivity index (χ3n) is 7.21. The fourth-order valence-electron chi connectivity index (χ4n) is 5.97. The standard InChI is InChI=1S/C32H37NO7/c1-19-16-21(18-34)26(20-12-10-9-11-13-20)32(25(19)27(35)39-30(2,3)4)23-17-22(38-8)14-15-24(23)33(28(32)36)29(37)40-31(5,6)7/h9-19,25-26H,1-8H3/t19-,25-,26+,32+/m0/s1. The number of hydrogen-bond donors (Lipinski definition) is 0. The van der Waals surface area contributed by atoms with Gasteiger partial charge in [0.25, 0.3) is 0 Å². The first kappa shape index (κ1) is 29.1. The summed E-state index contributed by atoms with van der Waals surface area (Å²) in [6, 6.07) is 14.0. The molecule has 0 aromatic heterocycles. The van der Waals surface area contributed by atoms with E-state index < -0.39 is 52.3 Å². The number of imide groups is 1. The van der Waals surface area contributed by atoms with E-state index >= 15 is 0 Å². The molecule has 0 bridgehead atoms. The Morgan fingerprint density at radius 2 is 1.57 bits per heavy atom. The molecule has 212 valence electrons. The Kier molecular flexibility index (Phi) is 7.43. The second-order valence-corrected chi connectivity index (χ2v) is 12.4. The van der Waals surface area contributed by atoms with Gasteiger partial charge >= 0.3 is 12.1 Å². The lowest BCUT2D eigenvalue weighted by molar-refractivity contribution is -0.167. The Morgan fingerprint density at radius 1 is 0.950 bits per heavy atom. The van der Waals surface area contributed by atoms with Crippen LogP contribution in [0.1, 0.15) is 65.5 Å². The van der Waals surface area contributed by atoms with Gasteiger partial charge in [0.2, 0.25) is 5.91 Å². The number of anilines is 1. The van der Waals surface area contributed by atoms with Crippen LogP contribution in [0.5, 0.6) is 5.75 Å². The van der Waals surface area contributed by atoms with E-state index in [1.54, 1.807) is 72.7 Å². The van der Waals surface area contributed by atoms with Crippen molar-refractivity contribution in [1.82, 2.24) is 0 Å². The third-order valence-corrected chi connectivity index (χ3v) is 7.21. The van der Waals surface area contributed by atoms with Gasteiger partial charge in [-0.05, 0) is 82.4 Å². The molecule has 1 spiro atoms. The molecule has 8 heteroatoms. The van der Waals surface area contributed by atoms with Gasteiger partial charge in [-0.3, -0.25) is 14.4 Å². The zero-order chi connectivity index (χ0) is 29.6. The number of nitrogens with zero attached hydrogens (tertiary/aromatic N) is 1. The topological polar surface area (TPSA) is 99.2 Å². The summed E-state index contributed by atoms with van der Waals surface area (Å²) < 4.78 is 17.1. The van der Waals surface area contributed by atoms with Crippen LogP contribution >= 0.6 is 0 Å². The summed E-state index contributed by atoms with van der Waals surface area (Å²) >= 11 is 0. The van der Waals surface area contributed by atoms with Crippen molar-refractivity contribution in [3.63, 3.8) is 0 Å². The number of fused-ring (bicyclic) bond motifs is 2. The van der Waals surface area contributed by atoms with Crippen LogP contribution in [0, 0.1) is 11.8 Å². The van der Waals surface area contributed by atoms with Crippen LogP contribution < -0.4 is 9.64 Å². The van der Waals surface area contributed by atoms with E-state index in [1.807, 2.05) is 30.3 Å². The van der Waals surface area contributed by atoms with Crippen molar-refractivity contribution in [2.45, 2.75) is 71.0 Å². The Labute approximate surface area is 235 Å². The fraction of sp³-hybridized carbons (Fsp3) is 0.438. The molecule has 2 amide bonds. The summed E-state index contributed by atoms with van der Waals surface area (Å²) in [5, 5.41) is 0. The number of benzene rings is 2. The molecular formula is C32H37NO7. The SMILES string of the molecule is COc1ccc2c(c1)[C@@]1(C(=O)N2C(=O)OC(C)(C)C)[C@H](C(=O)OC(C)(C)C)[C@@H](C)C=C(C=O)[C@H]1c1ccccc1. The molecule has 1 aliphatic heterocycles. The van der Waals surface area contributed by atoms with Crippen molar-refractivity contribution in [3.05, 3.63) is 71.3 Å². The van der Waals surface area contributed by atoms with Crippen molar-refractivity contribution in [3.8, 4) is 5.75 Å². The van der Waals surface area contributed by atoms with Gasteiger partial charge in [0.1, 0.15) is 28.7 Å². The largest absolute Gasteiger partial charge is 0.497 e. The maximum absolute atomic E-state index is 15.0. The summed E-state index contributed by atoms with van der Waals surface area (Å²) in [6.07, 6.45) is 1.59. The molecule has 4 rings (SSSR count). The lowest BCUT2D eigenvalue weighted by Gasteiger charge is -2.47. The Morgan fingerprint density at radius 3 is 2.12 bits per heavy atom. The van der Waals surface area contributed by atoms with E-state index in [-0.39, 0.29) is 5.69 Å². The normalized spacial score (nSPS) is 24.3. The Balaban J connectivity index is 2.12. The van der Waals surface area contributed by atoms with Crippen LogP contribution in [0.3, 0.4) is 0 Å². The van der Waals surface area contributed by atoms with E-state index in [0.717, 1.165) is 11.2 Å². The number of amides is 2. The number of rotatable bonds is 4. The minimum absolute atomic E-state index is 0.272. The average molecular weight is 548 g/mol. The van der Waals surface area contributed by atoms with Gasteiger partial charge in [0.05, 0.1) is 18.7 Å². The molecule has 0 fully saturated rings. The van der Waals surface area contributed by atoms with Gasteiger partial charge in [-0.1, -0.05) is 43.3 Å². The Bertz CT molecular complexity index is 1370. The van der Waals surface area contributed by atoms with E-state index in [4.69, 9.17) is 14.2 Å². The summed E-state index contributed by atoms with van der Waals surface area (Å²) in [7, 11) is 1.50. The number of aldehydes is 1. The van der Waals surface area contributed by atoms with Crippen molar-refractivity contribution in [1.29, 1.82) is 0 Å². The van der Waals surface area contributed by atoms with Crippen LogP contribution in [0.2, 0.25) is 0 Å². The highest BCUT2D eigenvalue weighted by atomic mass is 16.6. The second-order valence-electron chi connectivity index (χ2n) is 12.4. The molecule has 1 heterocycles. The van der Waals surface area contributed by atoms with Crippen LogP contribution in [0.15, 0.2) is 60.2 Å². The molecular weight excluding hydrogens is 510 g/mol. The van der Waals surface area contributed by atoms with Crippen molar-refractivity contribution < 1.29 is 33.4 Å². The lowest BCUT2D eigenvalue weighted by Crippen LogP contribution is -2.58. The first-order valence-electron chi connectivity index (χ1n) is 13.4. The van der Waals surface area contributed by atoms with Gasteiger partial charge in [-0.15, -0.1) is 0 Å². The van der Waals surface area contributed by atoms with E-state index in [9.17, 15) is 19.2 Å². The van der Waals surface area contributed by atoms with Crippen molar-refractivity contribution in [2.24, 2.45) is 11.8 Å². The fourth-order valence-corrected chi connectivity index (χ4v) is 5.97. The maximum atomic E-state index is 15.0. The molecule has 40 heavy (non-hydrogen) atoms. The molecule has 4 atom stereocenters. The molecule has 2 aliphatic rings. The second kappa shape index (κ2) is 10.2. The predicted octanol–water partition coefficient (Wildman–Crippen LogP) is 5.73. The number of carbonyl (C=O) groups excluding carboxylic acids is 4. The highest BCUT2D eigenvalue weighted by Crippen LogP contribution is 2.61. The first-order chi connectivity index (χ1) is 18.7. The van der Waals surface area contributed by atoms with E-state index in [1.165, 1.54) is 7.11 Å². The van der Waals surface area contributed by atoms with Gasteiger partial charge < -0.3 is 14.2 Å². The molecule has 0 saturated carbocycles. The quantitative estimate of drug-likeness (QED) is 0.356. The molecule has 2 aromatic rings. The summed E-state index contributed by atoms with van der Waals surface area (Å²) in [5.74, 6) is -3.39. The van der Waals surface area contributed by atoms with Crippen LogP contribution in [-0.2, 0) is 29.3 Å². The van der Waals surface area contributed by atoms with Gasteiger partial charge in [-0.2, -0.15) is 0 Å². The zero-order valence-corrected chi connectivity index (χ0v) is 24.3. The Hall–Kier alpha value is -3.94. The first-order valence-corrected chi connectivity index (χ1v) is 13.4. The summed E-state index contributed by atoms with van der Waals surface area (Å²) in [6.45, 7) is 12.2. The van der Waals surface area contributed by atoms with E-state index in [2.05, 4.69) is 0 Å². The molecule has 0 saturated heterocycles. The smallest absolute Gasteiger partial charge is 0.421 e. The molecule has 0 unspecified atom stereocenters. The van der Waals surface area contributed by atoms with Crippen molar-refractivity contribution in [2.75, 3.05) is 12.0 Å². The van der Waals surface area contributed by atoms with Crippen LogP contribution in [0.4, 0.5) is 10.5 Å². The molecule has 1 aliphatic carbocycles. The third kappa shape index (κ3) is 4.91. The van der Waals surface area contributed by atoms with Gasteiger partial charge in [0.15, 0.2) is 0 Å². The zero-order valence-electron chi connectivity index (χ0n) is 24.3. The maximum Gasteiger partial charge on any atom is 0.421 e. The van der Waals surface area contributed by atoms with Crippen LogP contribution in [0.25, 0.3) is 0 Å². The highest BCUT2D eigenvalue weighted by molar-refractivity contribution is 6.23. The monoisotopic (exact) mass is 547 g/mol. The number of ether oxygens (including phenoxy) is 3. The molecule has 2 aromatic carbocycles. The van der Waals surface area contributed by atoms with Gasteiger partial charge in [0, 0.05) is 5.92 Å². The summed E-state index contributed by atoms with van der Waals surface area (Å²) in [4.78, 5) is 56.4.